The minimum atomic E-state index is -0.130. The molecule has 1 heterocycles. The number of carbonyl (C=O) groups excluding carboxylic acids is 2. The number of nitrogens with zero attached hydrogens (tertiary/aromatic N) is 1. The lowest BCUT2D eigenvalue weighted by molar-refractivity contribution is -0.147. The lowest BCUT2D eigenvalue weighted by Crippen LogP contribution is -2.42. The maximum Gasteiger partial charge on any atom is 0.308 e. The molecule has 0 aliphatic carbocycles. The molecule has 0 bridgehead atoms. The van der Waals surface area contributed by atoms with E-state index in [2.05, 4.69) is 10.2 Å². The number of ether oxygens (including phenoxy) is 1. The van der Waals surface area contributed by atoms with Crippen molar-refractivity contribution in [2.75, 3.05) is 33.8 Å². The zero-order valence-corrected chi connectivity index (χ0v) is 9.28. The van der Waals surface area contributed by atoms with E-state index in [1.165, 1.54) is 7.11 Å². The van der Waals surface area contributed by atoms with Crippen LogP contribution in [0.5, 0.6) is 0 Å². The van der Waals surface area contributed by atoms with Crippen LogP contribution in [0.3, 0.4) is 0 Å². The molecule has 0 aromatic carbocycles. The first kappa shape index (κ1) is 12.0. The van der Waals surface area contributed by atoms with Crippen molar-refractivity contribution < 1.29 is 14.3 Å². The first-order valence-corrected chi connectivity index (χ1v) is 5.18. The first-order valence-electron chi connectivity index (χ1n) is 5.18. The van der Waals surface area contributed by atoms with Gasteiger partial charge in [0.2, 0.25) is 5.91 Å². The lowest BCUT2D eigenvalue weighted by atomic mass is 9.97. The molecule has 1 rings (SSSR count). The molecule has 86 valence electrons. The van der Waals surface area contributed by atoms with Crippen LogP contribution < -0.4 is 5.32 Å². The summed E-state index contributed by atoms with van der Waals surface area (Å²) in [5.74, 6) is -0.1000. The number of piperidine rings is 1. The zero-order valence-electron chi connectivity index (χ0n) is 9.28. The highest BCUT2D eigenvalue weighted by Gasteiger charge is 2.25. The molecule has 1 amide bonds. The summed E-state index contributed by atoms with van der Waals surface area (Å²) in [6.07, 6.45) is 1.56. The molecule has 15 heavy (non-hydrogen) atoms. The number of hydrogen-bond acceptors (Lipinski definition) is 4. The van der Waals surface area contributed by atoms with Crippen LogP contribution >= 0.6 is 0 Å². The molecule has 0 unspecified atom stereocenters. The van der Waals surface area contributed by atoms with Crippen molar-refractivity contribution in [3.05, 3.63) is 0 Å². The van der Waals surface area contributed by atoms with Crippen LogP contribution in [0.15, 0.2) is 0 Å². The van der Waals surface area contributed by atoms with Gasteiger partial charge < -0.3 is 10.1 Å². The monoisotopic (exact) mass is 214 g/mol. The number of likely N-dealkylation sites (N-methyl/N-ethyl adjacent to an activating group) is 1. The molecule has 0 spiro atoms. The Labute approximate surface area is 89.8 Å². The molecule has 1 N–H and O–H groups in total. The summed E-state index contributed by atoms with van der Waals surface area (Å²) in [5, 5.41) is 2.59. The lowest BCUT2D eigenvalue weighted by Gasteiger charge is -2.29. The van der Waals surface area contributed by atoms with Gasteiger partial charge in [0.05, 0.1) is 19.6 Å². The zero-order chi connectivity index (χ0) is 11.3. The maximum absolute atomic E-state index is 11.2. The number of carbonyl (C=O) groups is 2. The summed E-state index contributed by atoms with van der Waals surface area (Å²) in [5.41, 5.74) is 0. The minimum Gasteiger partial charge on any atom is -0.469 e. The standard InChI is InChI=1S/C10H18N2O3/c1-11-9(13)7-12-5-3-8(4-6-12)10(14)15-2/h8H,3-7H2,1-2H3,(H,11,13). The molecule has 1 fully saturated rings. The van der Waals surface area contributed by atoms with Gasteiger partial charge in [-0.15, -0.1) is 0 Å². The Kier molecular flexibility index (Phi) is 4.55. The molecule has 0 aromatic rings. The van der Waals surface area contributed by atoms with Gasteiger partial charge in [0.1, 0.15) is 0 Å². The second-order valence-corrected chi connectivity index (χ2v) is 3.75. The molecular weight excluding hydrogens is 196 g/mol. The first-order chi connectivity index (χ1) is 7.17. The van der Waals surface area contributed by atoms with E-state index in [1.54, 1.807) is 7.05 Å². The molecule has 5 heteroatoms. The van der Waals surface area contributed by atoms with Crippen LogP contribution in [0.25, 0.3) is 0 Å². The quantitative estimate of drug-likeness (QED) is 0.650. The van der Waals surface area contributed by atoms with Gasteiger partial charge in [-0.2, -0.15) is 0 Å². The molecular formula is C10H18N2O3. The highest BCUT2D eigenvalue weighted by atomic mass is 16.5. The smallest absolute Gasteiger partial charge is 0.308 e. The summed E-state index contributed by atoms with van der Waals surface area (Å²) in [4.78, 5) is 24.4. The number of esters is 1. The van der Waals surface area contributed by atoms with E-state index in [9.17, 15) is 9.59 Å². The highest BCUT2D eigenvalue weighted by Crippen LogP contribution is 2.17. The van der Waals surface area contributed by atoms with Gasteiger partial charge in [-0.3, -0.25) is 14.5 Å². The Morgan fingerprint density at radius 1 is 1.40 bits per heavy atom. The maximum atomic E-state index is 11.2. The summed E-state index contributed by atoms with van der Waals surface area (Å²) >= 11 is 0. The third kappa shape index (κ3) is 3.51. The van der Waals surface area contributed by atoms with Gasteiger partial charge in [0, 0.05) is 7.05 Å². The topological polar surface area (TPSA) is 58.6 Å². The predicted molar refractivity (Wildman–Crippen MR) is 55.2 cm³/mol. The Morgan fingerprint density at radius 3 is 2.47 bits per heavy atom. The highest BCUT2D eigenvalue weighted by molar-refractivity contribution is 5.77. The van der Waals surface area contributed by atoms with Crippen LogP contribution in [0, 0.1) is 5.92 Å². The molecule has 0 saturated carbocycles. The van der Waals surface area contributed by atoms with Gasteiger partial charge in [0.25, 0.3) is 0 Å². The SMILES string of the molecule is CNC(=O)CN1CCC(C(=O)OC)CC1. The fourth-order valence-corrected chi connectivity index (χ4v) is 1.78. The predicted octanol–water partition coefficient (Wildman–Crippen LogP) is -0.383. The number of hydrogen-bond donors (Lipinski definition) is 1. The molecule has 5 nitrogen and oxygen atoms in total. The van der Waals surface area contributed by atoms with Crippen LogP contribution in [0.4, 0.5) is 0 Å². The van der Waals surface area contributed by atoms with Crippen LogP contribution in [-0.4, -0.2) is 50.6 Å². The minimum absolute atomic E-state index is 0.0101. The van der Waals surface area contributed by atoms with E-state index < -0.39 is 0 Å². The third-order valence-electron chi connectivity index (χ3n) is 2.77. The van der Waals surface area contributed by atoms with Gasteiger partial charge >= 0.3 is 5.97 Å². The van der Waals surface area contributed by atoms with Crippen molar-refractivity contribution in [3.8, 4) is 0 Å². The van der Waals surface area contributed by atoms with E-state index in [-0.39, 0.29) is 17.8 Å². The van der Waals surface area contributed by atoms with Crippen molar-refractivity contribution in [2.45, 2.75) is 12.8 Å². The second-order valence-electron chi connectivity index (χ2n) is 3.75. The average Bonchev–Trinajstić information content (AvgIpc) is 2.29. The fraction of sp³-hybridized carbons (Fsp3) is 0.800. The molecule has 1 saturated heterocycles. The Morgan fingerprint density at radius 2 is 2.00 bits per heavy atom. The summed E-state index contributed by atoms with van der Waals surface area (Å²) in [6.45, 7) is 1.99. The molecule has 1 aliphatic heterocycles. The summed E-state index contributed by atoms with van der Waals surface area (Å²) in [6, 6.07) is 0. The molecule has 0 aromatic heterocycles. The molecule has 1 aliphatic rings. The van der Waals surface area contributed by atoms with E-state index in [1.807, 2.05) is 0 Å². The average molecular weight is 214 g/mol. The number of likely N-dealkylation sites (tertiary alicyclic amines) is 1. The Bertz CT molecular complexity index is 235. The van der Waals surface area contributed by atoms with Crippen LogP contribution in [0.1, 0.15) is 12.8 Å². The van der Waals surface area contributed by atoms with Crippen molar-refractivity contribution in [1.82, 2.24) is 10.2 Å². The third-order valence-corrected chi connectivity index (χ3v) is 2.77. The normalized spacial score (nSPS) is 18.5. The van der Waals surface area contributed by atoms with E-state index >= 15 is 0 Å². The summed E-state index contributed by atoms with van der Waals surface area (Å²) in [7, 11) is 3.04. The van der Waals surface area contributed by atoms with Crippen molar-refractivity contribution in [2.24, 2.45) is 5.92 Å². The molecule has 0 atom stereocenters. The fourth-order valence-electron chi connectivity index (χ4n) is 1.78. The van der Waals surface area contributed by atoms with Gasteiger partial charge in [-0.05, 0) is 25.9 Å². The van der Waals surface area contributed by atoms with E-state index in [0.717, 1.165) is 25.9 Å². The number of rotatable bonds is 3. The Balaban J connectivity index is 2.29. The van der Waals surface area contributed by atoms with Gasteiger partial charge in [-0.1, -0.05) is 0 Å². The number of methoxy groups -OCH3 is 1. The van der Waals surface area contributed by atoms with E-state index in [0.29, 0.717) is 6.54 Å². The largest absolute Gasteiger partial charge is 0.469 e. The molecule has 0 radical (unpaired) electrons. The summed E-state index contributed by atoms with van der Waals surface area (Å²) < 4.78 is 4.69. The van der Waals surface area contributed by atoms with Gasteiger partial charge in [0.15, 0.2) is 0 Å². The number of amides is 1. The van der Waals surface area contributed by atoms with Crippen LogP contribution in [-0.2, 0) is 14.3 Å². The van der Waals surface area contributed by atoms with Crippen molar-refractivity contribution in [1.29, 1.82) is 0 Å². The second kappa shape index (κ2) is 5.70. The van der Waals surface area contributed by atoms with Crippen molar-refractivity contribution >= 4 is 11.9 Å². The number of nitrogens with one attached hydrogen (secondary N) is 1. The van der Waals surface area contributed by atoms with Crippen LogP contribution in [0.2, 0.25) is 0 Å². The van der Waals surface area contributed by atoms with Crippen molar-refractivity contribution in [3.63, 3.8) is 0 Å². The Hall–Kier alpha value is -1.10. The van der Waals surface area contributed by atoms with Gasteiger partial charge in [-0.25, -0.2) is 0 Å². The van der Waals surface area contributed by atoms with E-state index in [4.69, 9.17) is 4.74 Å².